The first kappa shape index (κ1) is 22.8. The number of nitrogen functional groups attached to an aromatic ring is 1. The molecular formula is C26H32FN5O2. The van der Waals surface area contributed by atoms with Gasteiger partial charge in [0.25, 0.3) is 0 Å². The Bertz CT molecular complexity index is 1050. The molecule has 3 heterocycles. The highest BCUT2D eigenvalue weighted by Gasteiger charge is 2.34. The van der Waals surface area contributed by atoms with Gasteiger partial charge in [-0.2, -0.15) is 0 Å². The Kier molecular flexibility index (Phi) is 6.52. The van der Waals surface area contributed by atoms with E-state index in [0.717, 1.165) is 56.9 Å². The van der Waals surface area contributed by atoms with Crippen molar-refractivity contribution in [2.75, 3.05) is 56.4 Å². The second kappa shape index (κ2) is 9.72. The molecule has 2 aromatic rings. The molecule has 5 rings (SSSR count). The molecule has 3 saturated heterocycles. The Balaban J connectivity index is 1.06. The van der Waals surface area contributed by atoms with E-state index in [2.05, 4.69) is 32.1 Å². The van der Waals surface area contributed by atoms with Crippen LogP contribution in [0.1, 0.15) is 29.9 Å². The number of nitrogens with two attached hydrogens (primary N) is 1. The van der Waals surface area contributed by atoms with Crippen LogP contribution in [0, 0.1) is 5.82 Å². The standard InChI is InChI=1S/C26H32FN5O2/c27-24-15-20(28)4-1-19(24)9-10-30-11-13-31(14-12-30)22-16-32(17-22)21-5-2-18(3-6-21)23-7-8-25(33)29-26(23)34/h1-6,15,22-23H,7-14,16-17,28H2,(H,29,33,34). The van der Waals surface area contributed by atoms with Crippen LogP contribution < -0.4 is 16.0 Å². The molecule has 8 heteroatoms. The zero-order chi connectivity index (χ0) is 23.7. The molecule has 0 aromatic heterocycles. The maximum absolute atomic E-state index is 14.0. The molecule has 0 saturated carbocycles. The van der Waals surface area contributed by atoms with Gasteiger partial charge in [0.05, 0.1) is 5.92 Å². The molecular weight excluding hydrogens is 433 g/mol. The molecule has 2 aromatic carbocycles. The number of halogens is 1. The predicted molar refractivity (Wildman–Crippen MR) is 130 cm³/mol. The van der Waals surface area contributed by atoms with E-state index in [-0.39, 0.29) is 23.5 Å². The number of benzene rings is 2. The van der Waals surface area contributed by atoms with Crippen molar-refractivity contribution in [3.05, 3.63) is 59.4 Å². The van der Waals surface area contributed by atoms with Crippen LogP contribution in [0.4, 0.5) is 15.8 Å². The summed E-state index contributed by atoms with van der Waals surface area (Å²) in [5, 5.41) is 2.43. The quantitative estimate of drug-likeness (QED) is 0.502. The van der Waals surface area contributed by atoms with Gasteiger partial charge in [0.2, 0.25) is 11.8 Å². The fourth-order valence-corrected chi connectivity index (χ4v) is 5.22. The summed E-state index contributed by atoms with van der Waals surface area (Å²) in [6.07, 6.45) is 1.69. The van der Waals surface area contributed by atoms with Crippen molar-refractivity contribution >= 4 is 23.2 Å². The molecule has 0 spiro atoms. The van der Waals surface area contributed by atoms with Crippen molar-refractivity contribution in [1.29, 1.82) is 0 Å². The summed E-state index contributed by atoms with van der Waals surface area (Å²) in [6, 6.07) is 13.7. The molecule has 180 valence electrons. The molecule has 3 aliphatic rings. The van der Waals surface area contributed by atoms with Crippen molar-refractivity contribution in [2.24, 2.45) is 0 Å². The van der Waals surface area contributed by atoms with E-state index in [1.54, 1.807) is 12.1 Å². The van der Waals surface area contributed by atoms with Crippen LogP contribution in [-0.2, 0) is 16.0 Å². The van der Waals surface area contributed by atoms with Crippen LogP contribution in [0.25, 0.3) is 0 Å². The number of amides is 2. The minimum atomic E-state index is -0.233. The molecule has 34 heavy (non-hydrogen) atoms. The Labute approximate surface area is 199 Å². The fraction of sp³-hybridized carbons (Fsp3) is 0.462. The van der Waals surface area contributed by atoms with E-state index in [4.69, 9.17) is 5.73 Å². The second-order valence-electron chi connectivity index (χ2n) is 9.63. The molecule has 1 unspecified atom stereocenters. The van der Waals surface area contributed by atoms with Gasteiger partial charge in [-0.15, -0.1) is 0 Å². The summed E-state index contributed by atoms with van der Waals surface area (Å²) < 4.78 is 14.0. The van der Waals surface area contributed by atoms with Gasteiger partial charge in [-0.05, 0) is 48.2 Å². The van der Waals surface area contributed by atoms with Crippen molar-refractivity contribution in [2.45, 2.75) is 31.2 Å². The number of carbonyl (C=O) groups is 2. The van der Waals surface area contributed by atoms with Crippen molar-refractivity contribution in [1.82, 2.24) is 15.1 Å². The zero-order valence-corrected chi connectivity index (χ0v) is 19.4. The first-order valence-corrected chi connectivity index (χ1v) is 12.1. The summed E-state index contributed by atoms with van der Waals surface area (Å²) >= 11 is 0. The number of hydrogen-bond donors (Lipinski definition) is 2. The zero-order valence-electron chi connectivity index (χ0n) is 19.4. The van der Waals surface area contributed by atoms with Crippen LogP contribution >= 0.6 is 0 Å². The third kappa shape index (κ3) is 4.93. The maximum atomic E-state index is 14.0. The molecule has 0 radical (unpaired) electrons. The monoisotopic (exact) mass is 465 g/mol. The van der Waals surface area contributed by atoms with E-state index < -0.39 is 0 Å². The van der Waals surface area contributed by atoms with Gasteiger partial charge in [0.15, 0.2) is 0 Å². The number of hydrogen-bond acceptors (Lipinski definition) is 6. The summed E-state index contributed by atoms with van der Waals surface area (Å²) in [6.45, 7) is 6.98. The number of anilines is 2. The number of nitrogens with zero attached hydrogens (tertiary/aromatic N) is 3. The highest BCUT2D eigenvalue weighted by molar-refractivity contribution is 6.00. The minimum absolute atomic E-state index is 0.180. The van der Waals surface area contributed by atoms with Crippen molar-refractivity contribution < 1.29 is 14.0 Å². The highest BCUT2D eigenvalue weighted by atomic mass is 19.1. The van der Waals surface area contributed by atoms with Gasteiger partial charge in [-0.3, -0.25) is 19.8 Å². The molecule has 0 bridgehead atoms. The van der Waals surface area contributed by atoms with Gasteiger partial charge in [-0.1, -0.05) is 18.2 Å². The van der Waals surface area contributed by atoms with Crippen LogP contribution in [0.3, 0.4) is 0 Å². The lowest BCUT2D eigenvalue weighted by atomic mass is 9.90. The number of carbonyl (C=O) groups excluding carboxylic acids is 2. The molecule has 0 aliphatic carbocycles. The Morgan fingerprint density at radius 3 is 2.41 bits per heavy atom. The van der Waals surface area contributed by atoms with Crippen LogP contribution in [0.2, 0.25) is 0 Å². The average molecular weight is 466 g/mol. The number of rotatable bonds is 6. The predicted octanol–water partition coefficient (Wildman–Crippen LogP) is 1.98. The minimum Gasteiger partial charge on any atom is -0.399 e. The normalized spacial score (nSPS) is 22.5. The third-order valence-electron chi connectivity index (χ3n) is 7.46. The van der Waals surface area contributed by atoms with E-state index >= 15 is 0 Å². The number of piperazine rings is 1. The number of nitrogens with one attached hydrogen (secondary N) is 1. The van der Waals surface area contributed by atoms with E-state index in [0.29, 0.717) is 31.0 Å². The lowest BCUT2D eigenvalue weighted by molar-refractivity contribution is -0.134. The third-order valence-corrected chi connectivity index (χ3v) is 7.46. The maximum Gasteiger partial charge on any atom is 0.234 e. The Hall–Kier alpha value is -2.97. The van der Waals surface area contributed by atoms with Gasteiger partial charge in [-0.25, -0.2) is 4.39 Å². The fourth-order valence-electron chi connectivity index (χ4n) is 5.22. The van der Waals surface area contributed by atoms with Crippen LogP contribution in [-0.4, -0.2) is 73.5 Å². The average Bonchev–Trinajstić information content (AvgIpc) is 2.79. The summed E-state index contributed by atoms with van der Waals surface area (Å²) in [4.78, 5) is 30.8. The van der Waals surface area contributed by atoms with Gasteiger partial charge < -0.3 is 15.5 Å². The van der Waals surface area contributed by atoms with Gasteiger partial charge in [0.1, 0.15) is 5.82 Å². The SMILES string of the molecule is Nc1ccc(CCN2CCN(C3CN(c4ccc(C5CCC(=O)NC5=O)cc4)C3)CC2)c(F)c1. The number of piperidine rings is 1. The Morgan fingerprint density at radius 1 is 1.00 bits per heavy atom. The van der Waals surface area contributed by atoms with Crippen LogP contribution in [0.5, 0.6) is 0 Å². The lowest BCUT2D eigenvalue weighted by Crippen LogP contribution is -2.63. The molecule has 3 N–H and O–H groups in total. The second-order valence-corrected chi connectivity index (χ2v) is 9.63. The summed E-state index contributed by atoms with van der Waals surface area (Å²) in [5.74, 6) is -0.811. The first-order valence-electron chi connectivity index (χ1n) is 12.1. The van der Waals surface area contributed by atoms with E-state index in [1.807, 2.05) is 12.1 Å². The lowest BCUT2D eigenvalue weighted by Gasteiger charge is -2.49. The topological polar surface area (TPSA) is 81.9 Å². The van der Waals surface area contributed by atoms with Gasteiger partial charge in [0, 0.05) is 69.7 Å². The molecule has 3 fully saturated rings. The van der Waals surface area contributed by atoms with E-state index in [9.17, 15) is 14.0 Å². The molecule has 1 atom stereocenters. The largest absolute Gasteiger partial charge is 0.399 e. The van der Waals surface area contributed by atoms with Crippen LogP contribution in [0.15, 0.2) is 42.5 Å². The summed E-state index contributed by atoms with van der Waals surface area (Å²) in [7, 11) is 0. The smallest absolute Gasteiger partial charge is 0.234 e. The number of imide groups is 1. The first-order chi connectivity index (χ1) is 16.5. The summed E-state index contributed by atoms with van der Waals surface area (Å²) in [5.41, 5.74) is 8.99. The van der Waals surface area contributed by atoms with Crippen molar-refractivity contribution in [3.8, 4) is 0 Å². The molecule has 2 amide bonds. The highest BCUT2D eigenvalue weighted by Crippen LogP contribution is 2.29. The molecule has 3 aliphatic heterocycles. The Morgan fingerprint density at radius 2 is 1.74 bits per heavy atom. The molecule has 7 nitrogen and oxygen atoms in total. The van der Waals surface area contributed by atoms with Crippen molar-refractivity contribution in [3.63, 3.8) is 0 Å². The van der Waals surface area contributed by atoms with E-state index in [1.165, 1.54) is 11.8 Å². The van der Waals surface area contributed by atoms with Gasteiger partial charge >= 0.3 is 0 Å².